The third kappa shape index (κ3) is 3.48. The van der Waals surface area contributed by atoms with Crippen molar-refractivity contribution in [1.82, 2.24) is 5.32 Å². The van der Waals surface area contributed by atoms with Gasteiger partial charge in [-0.25, -0.2) is 0 Å². The molecule has 5 nitrogen and oxygen atoms in total. The molecule has 1 unspecified atom stereocenters. The molecule has 2 atom stereocenters. The van der Waals surface area contributed by atoms with Crippen molar-refractivity contribution in [2.45, 2.75) is 39.0 Å². The lowest BCUT2D eigenvalue weighted by molar-refractivity contribution is -0.165. The largest absolute Gasteiger partial charge is 0.460 e. The van der Waals surface area contributed by atoms with Crippen LogP contribution in [-0.4, -0.2) is 37.3 Å². The number of carbonyl (C=O) groups is 1. The molecular formula is C17H26N2O3. The van der Waals surface area contributed by atoms with E-state index in [4.69, 9.17) is 15.2 Å². The van der Waals surface area contributed by atoms with E-state index >= 15 is 0 Å². The molecule has 5 heteroatoms. The van der Waals surface area contributed by atoms with Crippen molar-refractivity contribution in [1.29, 1.82) is 0 Å². The SMILES string of the molecule is CC(C)(N)C(C)(C(=O)OCc1ccccc1)[C@@H]1COCCN1. The number of ether oxygens (including phenoxy) is 2. The molecule has 3 N–H and O–H groups in total. The molecule has 1 aliphatic rings. The predicted molar refractivity (Wildman–Crippen MR) is 85.2 cm³/mol. The summed E-state index contributed by atoms with van der Waals surface area (Å²) in [5.41, 5.74) is 5.67. The Morgan fingerprint density at radius 1 is 1.36 bits per heavy atom. The molecule has 1 aromatic carbocycles. The molecule has 0 saturated carbocycles. The van der Waals surface area contributed by atoms with Crippen molar-refractivity contribution in [2.24, 2.45) is 11.1 Å². The third-order valence-electron chi connectivity index (χ3n) is 4.59. The first-order chi connectivity index (χ1) is 10.4. The third-order valence-corrected chi connectivity index (χ3v) is 4.59. The Morgan fingerprint density at radius 2 is 2.05 bits per heavy atom. The van der Waals surface area contributed by atoms with Gasteiger partial charge in [0.15, 0.2) is 0 Å². The van der Waals surface area contributed by atoms with Crippen molar-refractivity contribution in [3.63, 3.8) is 0 Å². The van der Waals surface area contributed by atoms with Crippen LogP contribution in [0.3, 0.4) is 0 Å². The summed E-state index contributed by atoms with van der Waals surface area (Å²) in [4.78, 5) is 12.8. The normalized spacial score (nSPS) is 21.9. The fourth-order valence-electron chi connectivity index (χ4n) is 2.66. The van der Waals surface area contributed by atoms with Gasteiger partial charge in [-0.3, -0.25) is 4.79 Å². The van der Waals surface area contributed by atoms with Crippen LogP contribution in [-0.2, 0) is 20.9 Å². The number of esters is 1. The number of morpholine rings is 1. The molecule has 0 radical (unpaired) electrons. The van der Waals surface area contributed by atoms with Crippen molar-refractivity contribution < 1.29 is 14.3 Å². The zero-order chi connectivity index (χ0) is 16.2. The number of carbonyl (C=O) groups excluding carboxylic acids is 1. The smallest absolute Gasteiger partial charge is 0.315 e. The maximum absolute atomic E-state index is 12.8. The molecule has 0 spiro atoms. The number of benzene rings is 1. The van der Waals surface area contributed by atoms with E-state index in [2.05, 4.69) is 5.32 Å². The van der Waals surface area contributed by atoms with Gasteiger partial charge in [-0.1, -0.05) is 30.3 Å². The molecule has 1 fully saturated rings. The highest BCUT2D eigenvalue weighted by molar-refractivity contribution is 5.79. The van der Waals surface area contributed by atoms with Gasteiger partial charge < -0.3 is 20.5 Å². The molecule has 0 bridgehead atoms. The second-order valence-electron chi connectivity index (χ2n) is 6.57. The highest BCUT2D eigenvalue weighted by atomic mass is 16.5. The Balaban J connectivity index is 2.12. The van der Waals surface area contributed by atoms with Crippen LogP contribution in [0.4, 0.5) is 0 Å². The van der Waals surface area contributed by atoms with Gasteiger partial charge in [-0.2, -0.15) is 0 Å². The summed E-state index contributed by atoms with van der Waals surface area (Å²) in [6, 6.07) is 9.48. The standard InChI is InChI=1S/C17H26N2O3/c1-16(2,18)17(3,14-12-21-10-9-19-14)15(20)22-11-13-7-5-4-6-8-13/h4-8,14,19H,9-12,18H2,1-3H3/t14-,17?/m0/s1. The van der Waals surface area contributed by atoms with Gasteiger partial charge in [-0.05, 0) is 26.3 Å². The summed E-state index contributed by atoms with van der Waals surface area (Å²) < 4.78 is 11.1. The lowest BCUT2D eigenvalue weighted by atomic mass is 9.68. The molecule has 0 amide bonds. The van der Waals surface area contributed by atoms with Crippen molar-refractivity contribution >= 4 is 5.97 Å². The average molecular weight is 306 g/mol. The summed E-state index contributed by atoms with van der Waals surface area (Å²) in [6.07, 6.45) is 0. The predicted octanol–water partition coefficient (Wildman–Crippen LogP) is 1.46. The minimum Gasteiger partial charge on any atom is -0.460 e. The molecular weight excluding hydrogens is 280 g/mol. The second-order valence-corrected chi connectivity index (χ2v) is 6.57. The van der Waals surface area contributed by atoms with Gasteiger partial charge in [0.25, 0.3) is 0 Å². The molecule has 1 heterocycles. The fraction of sp³-hybridized carbons (Fsp3) is 0.588. The Morgan fingerprint density at radius 3 is 2.59 bits per heavy atom. The monoisotopic (exact) mass is 306 g/mol. The summed E-state index contributed by atoms with van der Waals surface area (Å²) in [5.74, 6) is -0.299. The molecule has 2 rings (SSSR count). The highest BCUT2D eigenvalue weighted by Gasteiger charge is 2.52. The summed E-state index contributed by atoms with van der Waals surface area (Å²) in [6.45, 7) is 7.63. The van der Waals surface area contributed by atoms with E-state index in [-0.39, 0.29) is 18.6 Å². The van der Waals surface area contributed by atoms with Crippen molar-refractivity contribution in [2.75, 3.05) is 19.8 Å². The number of nitrogens with one attached hydrogen (secondary N) is 1. The van der Waals surface area contributed by atoms with Crippen LogP contribution < -0.4 is 11.1 Å². The van der Waals surface area contributed by atoms with Crippen LogP contribution >= 0.6 is 0 Å². The Hall–Kier alpha value is -1.43. The van der Waals surface area contributed by atoms with Gasteiger partial charge in [0.1, 0.15) is 6.61 Å². The maximum Gasteiger partial charge on any atom is 0.315 e. The molecule has 0 aromatic heterocycles. The minimum atomic E-state index is -0.873. The zero-order valence-corrected chi connectivity index (χ0v) is 13.6. The fourth-order valence-corrected chi connectivity index (χ4v) is 2.66. The highest BCUT2D eigenvalue weighted by Crippen LogP contribution is 2.35. The maximum atomic E-state index is 12.8. The van der Waals surface area contributed by atoms with E-state index in [0.29, 0.717) is 19.8 Å². The molecule has 22 heavy (non-hydrogen) atoms. The van der Waals surface area contributed by atoms with E-state index in [1.807, 2.05) is 51.1 Å². The van der Waals surface area contributed by atoms with Gasteiger partial charge in [0, 0.05) is 18.1 Å². The van der Waals surface area contributed by atoms with Crippen LogP contribution in [0.2, 0.25) is 0 Å². The van der Waals surface area contributed by atoms with Gasteiger partial charge in [-0.15, -0.1) is 0 Å². The zero-order valence-electron chi connectivity index (χ0n) is 13.6. The second kappa shape index (κ2) is 6.77. The first-order valence-electron chi connectivity index (χ1n) is 7.67. The number of hydrogen-bond acceptors (Lipinski definition) is 5. The van der Waals surface area contributed by atoms with Crippen molar-refractivity contribution in [3.05, 3.63) is 35.9 Å². The molecule has 1 aliphatic heterocycles. The van der Waals surface area contributed by atoms with E-state index < -0.39 is 11.0 Å². The lowest BCUT2D eigenvalue weighted by Crippen LogP contribution is -2.66. The molecule has 122 valence electrons. The number of rotatable bonds is 5. The van der Waals surface area contributed by atoms with Gasteiger partial charge in [0.05, 0.1) is 18.6 Å². The van der Waals surface area contributed by atoms with Crippen molar-refractivity contribution in [3.8, 4) is 0 Å². The topological polar surface area (TPSA) is 73.6 Å². The Bertz CT molecular complexity index is 492. The van der Waals surface area contributed by atoms with Crippen LogP contribution in [0.25, 0.3) is 0 Å². The van der Waals surface area contributed by atoms with E-state index in [1.165, 1.54) is 0 Å². The average Bonchev–Trinajstić information content (AvgIpc) is 2.52. The van der Waals surface area contributed by atoms with E-state index in [0.717, 1.165) is 5.56 Å². The van der Waals surface area contributed by atoms with Gasteiger partial charge >= 0.3 is 5.97 Å². The first-order valence-corrected chi connectivity index (χ1v) is 7.67. The van der Waals surface area contributed by atoms with Crippen LogP contribution in [0, 0.1) is 5.41 Å². The summed E-state index contributed by atoms with van der Waals surface area (Å²) in [7, 11) is 0. The van der Waals surface area contributed by atoms with E-state index in [1.54, 1.807) is 0 Å². The molecule has 1 saturated heterocycles. The first kappa shape index (κ1) is 16.9. The summed E-state index contributed by atoms with van der Waals surface area (Å²) >= 11 is 0. The van der Waals surface area contributed by atoms with Gasteiger partial charge in [0.2, 0.25) is 0 Å². The molecule has 0 aliphatic carbocycles. The minimum absolute atomic E-state index is 0.162. The quantitative estimate of drug-likeness (QED) is 0.806. The van der Waals surface area contributed by atoms with Crippen LogP contribution in [0.1, 0.15) is 26.3 Å². The Labute approximate surface area is 132 Å². The van der Waals surface area contributed by atoms with Crippen LogP contribution in [0.15, 0.2) is 30.3 Å². The molecule has 1 aromatic rings. The lowest BCUT2D eigenvalue weighted by Gasteiger charge is -2.46. The Kier molecular flexibility index (Phi) is 5.21. The number of hydrogen-bond donors (Lipinski definition) is 2. The van der Waals surface area contributed by atoms with E-state index in [9.17, 15) is 4.79 Å². The summed E-state index contributed by atoms with van der Waals surface area (Å²) in [5, 5.41) is 3.34. The van der Waals surface area contributed by atoms with Crippen LogP contribution in [0.5, 0.6) is 0 Å². The number of nitrogens with two attached hydrogens (primary N) is 1.